The van der Waals surface area contributed by atoms with E-state index in [1.165, 1.54) is 19.3 Å². The van der Waals surface area contributed by atoms with Gasteiger partial charge >= 0.3 is 6.03 Å². The molecule has 0 aliphatic heterocycles. The summed E-state index contributed by atoms with van der Waals surface area (Å²) in [5.41, 5.74) is 0.964. The number of benzene rings is 2. The van der Waals surface area contributed by atoms with Crippen LogP contribution in [0.1, 0.15) is 16.1 Å². The normalized spacial score (nSPS) is 10.2. The number of pyridine rings is 1. The van der Waals surface area contributed by atoms with E-state index in [-0.39, 0.29) is 29.6 Å². The van der Waals surface area contributed by atoms with E-state index in [0.29, 0.717) is 11.5 Å². The molecule has 0 aliphatic carbocycles. The van der Waals surface area contributed by atoms with Crippen LogP contribution in [0.15, 0.2) is 54.7 Å². The SMILES string of the molecule is CNC(=O)c1cc(Oc2ccc(CNC(=O)Nc3cc(O)c(O)cc3O)cc2)ccn1. The monoisotopic (exact) mass is 424 g/mol. The molecule has 31 heavy (non-hydrogen) atoms. The lowest BCUT2D eigenvalue weighted by atomic mass is 10.2. The van der Waals surface area contributed by atoms with E-state index in [9.17, 15) is 24.9 Å². The van der Waals surface area contributed by atoms with E-state index in [1.54, 1.807) is 30.3 Å². The summed E-state index contributed by atoms with van der Waals surface area (Å²) in [6, 6.07) is 11.4. The van der Waals surface area contributed by atoms with Crippen molar-refractivity contribution >= 4 is 17.6 Å². The highest BCUT2D eigenvalue weighted by molar-refractivity contribution is 5.92. The fraction of sp³-hybridized carbons (Fsp3) is 0.0952. The summed E-state index contributed by atoms with van der Waals surface area (Å²) in [6.07, 6.45) is 1.47. The lowest BCUT2D eigenvalue weighted by Crippen LogP contribution is -2.28. The van der Waals surface area contributed by atoms with Crippen LogP contribution in [0, 0.1) is 0 Å². The molecule has 3 amide bonds. The molecular formula is C21H20N4O6. The van der Waals surface area contributed by atoms with Gasteiger partial charge < -0.3 is 36.0 Å². The Hall–Kier alpha value is -4.47. The maximum absolute atomic E-state index is 12.0. The van der Waals surface area contributed by atoms with Gasteiger partial charge in [-0.2, -0.15) is 0 Å². The predicted octanol–water partition coefficient (Wildman–Crippen LogP) is 2.67. The van der Waals surface area contributed by atoms with Crippen LogP contribution in [0.2, 0.25) is 0 Å². The molecule has 10 heteroatoms. The van der Waals surface area contributed by atoms with Gasteiger partial charge in [0.05, 0.1) is 5.69 Å². The number of anilines is 1. The quantitative estimate of drug-likeness (QED) is 0.263. The first kappa shape index (κ1) is 21.2. The molecule has 0 unspecified atom stereocenters. The third-order valence-electron chi connectivity index (χ3n) is 4.14. The van der Waals surface area contributed by atoms with Gasteiger partial charge in [-0.05, 0) is 23.8 Å². The molecule has 10 nitrogen and oxygen atoms in total. The zero-order valence-electron chi connectivity index (χ0n) is 16.4. The van der Waals surface area contributed by atoms with Gasteiger partial charge in [-0.15, -0.1) is 0 Å². The van der Waals surface area contributed by atoms with Crippen molar-refractivity contribution in [3.05, 3.63) is 66.0 Å². The number of urea groups is 1. The van der Waals surface area contributed by atoms with E-state index in [4.69, 9.17) is 4.74 Å². The molecule has 160 valence electrons. The first-order valence-electron chi connectivity index (χ1n) is 9.10. The van der Waals surface area contributed by atoms with Crippen LogP contribution < -0.4 is 20.7 Å². The predicted molar refractivity (Wildman–Crippen MR) is 111 cm³/mol. The minimum Gasteiger partial charge on any atom is -0.506 e. The van der Waals surface area contributed by atoms with Crippen molar-refractivity contribution in [1.29, 1.82) is 0 Å². The molecule has 3 aromatic rings. The standard InChI is InChI=1S/C21H20N4O6/c1-22-20(29)16-8-14(6-7-23-16)31-13-4-2-12(3-5-13)11-24-21(30)25-15-9-18(27)19(28)10-17(15)26/h2-10,26-28H,11H2,1H3,(H,22,29)(H2,24,25,30). The topological polar surface area (TPSA) is 153 Å². The van der Waals surface area contributed by atoms with Gasteiger partial charge in [0, 0.05) is 38.0 Å². The fourth-order valence-electron chi connectivity index (χ4n) is 2.55. The van der Waals surface area contributed by atoms with Crippen molar-refractivity contribution in [1.82, 2.24) is 15.6 Å². The van der Waals surface area contributed by atoms with Crippen molar-refractivity contribution < 1.29 is 29.6 Å². The maximum atomic E-state index is 12.0. The molecule has 1 aromatic heterocycles. The van der Waals surface area contributed by atoms with Crippen molar-refractivity contribution in [3.63, 3.8) is 0 Å². The summed E-state index contributed by atoms with van der Waals surface area (Å²) in [7, 11) is 1.52. The number of phenols is 3. The number of hydrogen-bond donors (Lipinski definition) is 6. The lowest BCUT2D eigenvalue weighted by molar-refractivity contribution is 0.0957. The van der Waals surface area contributed by atoms with Gasteiger partial charge in [0.1, 0.15) is 22.9 Å². The van der Waals surface area contributed by atoms with Crippen molar-refractivity contribution in [2.45, 2.75) is 6.54 Å². The van der Waals surface area contributed by atoms with Crippen LogP contribution in [0.25, 0.3) is 0 Å². The molecule has 0 fully saturated rings. The maximum Gasteiger partial charge on any atom is 0.319 e. The Morgan fingerprint density at radius 3 is 2.35 bits per heavy atom. The van der Waals surface area contributed by atoms with Crippen molar-refractivity contribution in [2.24, 2.45) is 0 Å². The number of aromatic hydroxyl groups is 3. The highest BCUT2D eigenvalue weighted by Crippen LogP contribution is 2.35. The number of rotatable bonds is 6. The zero-order chi connectivity index (χ0) is 22.4. The van der Waals surface area contributed by atoms with E-state index in [0.717, 1.165) is 17.7 Å². The molecule has 2 aromatic carbocycles. The Morgan fingerprint density at radius 1 is 0.935 bits per heavy atom. The molecule has 1 heterocycles. The minimum atomic E-state index is -0.612. The number of carbonyl (C=O) groups excluding carboxylic acids is 2. The van der Waals surface area contributed by atoms with E-state index >= 15 is 0 Å². The molecule has 6 N–H and O–H groups in total. The van der Waals surface area contributed by atoms with Crippen LogP contribution in [-0.2, 0) is 6.54 Å². The number of nitrogens with one attached hydrogen (secondary N) is 3. The van der Waals surface area contributed by atoms with E-state index in [1.807, 2.05) is 0 Å². The fourth-order valence-corrected chi connectivity index (χ4v) is 2.55. The molecule has 3 rings (SSSR count). The summed E-state index contributed by atoms with van der Waals surface area (Å²) in [5.74, 6) is -0.686. The van der Waals surface area contributed by atoms with Gasteiger partial charge in [-0.3, -0.25) is 9.78 Å². The summed E-state index contributed by atoms with van der Waals surface area (Å²) < 4.78 is 5.72. The lowest BCUT2D eigenvalue weighted by Gasteiger charge is -2.11. The van der Waals surface area contributed by atoms with Gasteiger partial charge in [-0.1, -0.05) is 12.1 Å². The van der Waals surface area contributed by atoms with Crippen LogP contribution in [0.3, 0.4) is 0 Å². The van der Waals surface area contributed by atoms with Crippen LogP contribution in [-0.4, -0.2) is 39.3 Å². The number of nitrogens with zero attached hydrogens (tertiary/aromatic N) is 1. The molecule has 0 saturated heterocycles. The second-order valence-electron chi connectivity index (χ2n) is 6.37. The number of aromatic nitrogens is 1. The summed E-state index contributed by atoms with van der Waals surface area (Å²) in [4.78, 5) is 27.6. The second kappa shape index (κ2) is 9.35. The largest absolute Gasteiger partial charge is 0.506 e. The van der Waals surface area contributed by atoms with Gasteiger partial charge in [0.15, 0.2) is 11.5 Å². The Labute approximate surface area is 177 Å². The second-order valence-corrected chi connectivity index (χ2v) is 6.37. The molecule has 0 radical (unpaired) electrons. The van der Waals surface area contributed by atoms with Gasteiger partial charge in [-0.25, -0.2) is 4.79 Å². The number of amides is 3. The summed E-state index contributed by atoms with van der Waals surface area (Å²) in [5, 5.41) is 36.0. The van der Waals surface area contributed by atoms with Gasteiger partial charge in [0.2, 0.25) is 0 Å². The zero-order valence-corrected chi connectivity index (χ0v) is 16.4. The molecule has 0 atom stereocenters. The Morgan fingerprint density at radius 2 is 1.65 bits per heavy atom. The third-order valence-corrected chi connectivity index (χ3v) is 4.14. The smallest absolute Gasteiger partial charge is 0.319 e. The molecule has 0 aliphatic rings. The Balaban J connectivity index is 1.55. The highest BCUT2D eigenvalue weighted by atomic mass is 16.5. The summed E-state index contributed by atoms with van der Waals surface area (Å²) in [6.45, 7) is 0.188. The summed E-state index contributed by atoms with van der Waals surface area (Å²) >= 11 is 0. The van der Waals surface area contributed by atoms with Crippen molar-refractivity contribution in [3.8, 4) is 28.7 Å². The molecule has 0 spiro atoms. The van der Waals surface area contributed by atoms with E-state index < -0.39 is 17.5 Å². The average Bonchev–Trinajstić information content (AvgIpc) is 2.76. The highest BCUT2D eigenvalue weighted by Gasteiger charge is 2.11. The number of phenolic OH excluding ortho intramolecular Hbond substituents is 3. The molecule has 0 bridgehead atoms. The third kappa shape index (κ3) is 5.54. The van der Waals surface area contributed by atoms with Gasteiger partial charge in [0.25, 0.3) is 5.91 Å². The first-order chi connectivity index (χ1) is 14.9. The minimum absolute atomic E-state index is 0.0509. The van der Waals surface area contributed by atoms with Crippen molar-refractivity contribution in [2.75, 3.05) is 12.4 Å². The molecule has 0 saturated carbocycles. The Kier molecular flexibility index (Phi) is 6.41. The van der Waals surface area contributed by atoms with Crippen LogP contribution >= 0.6 is 0 Å². The van der Waals surface area contributed by atoms with Crippen LogP contribution in [0.5, 0.6) is 28.7 Å². The van der Waals surface area contributed by atoms with E-state index in [2.05, 4.69) is 20.9 Å². The van der Waals surface area contributed by atoms with Crippen LogP contribution in [0.4, 0.5) is 10.5 Å². The average molecular weight is 424 g/mol. The number of carbonyl (C=O) groups is 2. The molecular weight excluding hydrogens is 404 g/mol. The number of hydrogen-bond acceptors (Lipinski definition) is 7. The number of ether oxygens (including phenoxy) is 1. The Bertz CT molecular complexity index is 1100. The first-order valence-corrected chi connectivity index (χ1v) is 9.10.